The zero-order valence-corrected chi connectivity index (χ0v) is 20.1. The predicted molar refractivity (Wildman–Crippen MR) is 128 cm³/mol. The number of ether oxygens (including phenoxy) is 3. The van der Waals surface area contributed by atoms with Gasteiger partial charge >= 0.3 is 0 Å². The van der Waals surface area contributed by atoms with Crippen molar-refractivity contribution in [2.45, 2.75) is 51.2 Å². The molecule has 29 heavy (non-hydrogen) atoms. The second-order valence-corrected chi connectivity index (χ2v) is 7.48. The van der Waals surface area contributed by atoms with E-state index in [1.807, 2.05) is 7.05 Å². The van der Waals surface area contributed by atoms with E-state index in [4.69, 9.17) is 14.2 Å². The lowest BCUT2D eigenvalue weighted by Crippen LogP contribution is -2.53. The fraction of sp³-hybridized carbons (Fsp3) is 0.682. The van der Waals surface area contributed by atoms with Crippen LogP contribution in [0.2, 0.25) is 0 Å². The van der Waals surface area contributed by atoms with Crippen LogP contribution in [-0.2, 0) is 15.9 Å². The Morgan fingerprint density at radius 1 is 1.21 bits per heavy atom. The number of nitrogens with one attached hydrogen (secondary N) is 1. The summed E-state index contributed by atoms with van der Waals surface area (Å²) in [6.07, 6.45) is 5.83. The number of aliphatic imine (C=N–C) groups is 1. The molecule has 1 N–H and O–H groups in total. The summed E-state index contributed by atoms with van der Waals surface area (Å²) in [6, 6.07) is 8.42. The number of rotatable bonds is 8. The molecule has 2 fully saturated rings. The summed E-state index contributed by atoms with van der Waals surface area (Å²) in [5.74, 6) is 1.90. The number of guanidine groups is 1. The van der Waals surface area contributed by atoms with Crippen LogP contribution < -0.4 is 10.1 Å². The monoisotopic (exact) mass is 517 g/mol. The standard InChI is InChI=1S/C22H35N3O3.HI/c1-3-4-14-26-19-9-7-18(8-10-19)11-12-24-22(23-2)25-13-16-28-21(17-25)20-6-5-15-27-20;/h7-10,20-21H,3-6,11-17H2,1-2H3,(H,23,24);1H. The van der Waals surface area contributed by atoms with E-state index in [9.17, 15) is 0 Å². The number of nitrogens with zero attached hydrogens (tertiary/aromatic N) is 2. The summed E-state index contributed by atoms with van der Waals surface area (Å²) in [6.45, 7) is 7.11. The van der Waals surface area contributed by atoms with Crippen molar-refractivity contribution in [3.63, 3.8) is 0 Å². The van der Waals surface area contributed by atoms with Crippen molar-refractivity contribution in [3.8, 4) is 5.75 Å². The second kappa shape index (κ2) is 13.3. The van der Waals surface area contributed by atoms with Gasteiger partial charge < -0.3 is 24.4 Å². The van der Waals surface area contributed by atoms with E-state index >= 15 is 0 Å². The van der Waals surface area contributed by atoms with Gasteiger partial charge in [0.25, 0.3) is 0 Å². The predicted octanol–water partition coefficient (Wildman–Crippen LogP) is 3.48. The maximum absolute atomic E-state index is 5.95. The zero-order chi connectivity index (χ0) is 19.6. The SMILES string of the molecule is CCCCOc1ccc(CCNC(=NC)N2CCOC(C3CCCO3)C2)cc1.I. The number of hydrogen-bond acceptors (Lipinski definition) is 4. The molecule has 1 aromatic rings. The molecule has 6 nitrogen and oxygen atoms in total. The number of morpholine rings is 1. The van der Waals surface area contributed by atoms with Gasteiger partial charge in [-0.3, -0.25) is 4.99 Å². The maximum atomic E-state index is 5.95. The molecule has 2 atom stereocenters. The molecular weight excluding hydrogens is 481 g/mol. The van der Waals surface area contributed by atoms with Crippen molar-refractivity contribution in [3.05, 3.63) is 29.8 Å². The molecule has 0 bridgehead atoms. The van der Waals surface area contributed by atoms with Crippen molar-refractivity contribution in [1.82, 2.24) is 10.2 Å². The van der Waals surface area contributed by atoms with Crippen LogP contribution in [0.5, 0.6) is 5.75 Å². The lowest BCUT2D eigenvalue weighted by Gasteiger charge is -2.37. The van der Waals surface area contributed by atoms with Gasteiger partial charge in [-0.2, -0.15) is 0 Å². The fourth-order valence-corrected chi connectivity index (χ4v) is 3.73. The van der Waals surface area contributed by atoms with Gasteiger partial charge in [0.15, 0.2) is 5.96 Å². The van der Waals surface area contributed by atoms with Gasteiger partial charge in [0.1, 0.15) is 11.9 Å². The highest BCUT2D eigenvalue weighted by atomic mass is 127. The zero-order valence-electron chi connectivity index (χ0n) is 17.8. The Labute approximate surface area is 192 Å². The average molecular weight is 517 g/mol. The van der Waals surface area contributed by atoms with Gasteiger partial charge in [-0.25, -0.2) is 0 Å². The minimum absolute atomic E-state index is 0. The minimum Gasteiger partial charge on any atom is -0.494 e. The first-order chi connectivity index (χ1) is 13.8. The molecule has 7 heteroatoms. The third-order valence-electron chi connectivity index (χ3n) is 5.37. The minimum atomic E-state index is 0. The van der Waals surface area contributed by atoms with Gasteiger partial charge in [-0.05, 0) is 43.4 Å². The van der Waals surface area contributed by atoms with Gasteiger partial charge in [0, 0.05) is 33.3 Å². The van der Waals surface area contributed by atoms with Crippen molar-refractivity contribution >= 4 is 29.9 Å². The quantitative estimate of drug-likeness (QED) is 0.248. The highest BCUT2D eigenvalue weighted by Gasteiger charge is 2.32. The third kappa shape index (κ3) is 7.61. The molecular formula is C22H36IN3O3. The summed E-state index contributed by atoms with van der Waals surface area (Å²) >= 11 is 0. The molecule has 0 saturated carbocycles. The average Bonchev–Trinajstić information content (AvgIpc) is 3.28. The van der Waals surface area contributed by atoms with E-state index in [0.29, 0.717) is 0 Å². The Morgan fingerprint density at radius 3 is 2.69 bits per heavy atom. The highest BCUT2D eigenvalue weighted by molar-refractivity contribution is 14.0. The van der Waals surface area contributed by atoms with Crippen LogP contribution in [0.1, 0.15) is 38.2 Å². The Morgan fingerprint density at radius 2 is 2.00 bits per heavy atom. The van der Waals surface area contributed by atoms with Crippen LogP contribution in [0.15, 0.2) is 29.3 Å². The van der Waals surface area contributed by atoms with Crippen molar-refractivity contribution in [1.29, 1.82) is 0 Å². The van der Waals surface area contributed by atoms with Crippen LogP contribution in [-0.4, -0.2) is 69.6 Å². The third-order valence-corrected chi connectivity index (χ3v) is 5.37. The molecule has 2 heterocycles. The summed E-state index contributed by atoms with van der Waals surface area (Å²) in [7, 11) is 1.85. The first-order valence-corrected chi connectivity index (χ1v) is 10.7. The number of halogens is 1. The molecule has 0 amide bonds. The fourth-order valence-electron chi connectivity index (χ4n) is 3.73. The van der Waals surface area contributed by atoms with Crippen molar-refractivity contribution in [2.75, 3.05) is 46.5 Å². The number of benzene rings is 1. The van der Waals surface area contributed by atoms with E-state index in [1.54, 1.807) is 0 Å². The molecule has 1 aromatic carbocycles. The Kier molecular flexibility index (Phi) is 11.1. The molecule has 0 aliphatic carbocycles. The highest BCUT2D eigenvalue weighted by Crippen LogP contribution is 2.21. The molecule has 0 spiro atoms. The molecule has 0 aromatic heterocycles. The molecule has 2 aliphatic heterocycles. The molecule has 2 unspecified atom stereocenters. The van der Waals surface area contributed by atoms with E-state index < -0.39 is 0 Å². The molecule has 3 rings (SSSR count). The van der Waals surface area contributed by atoms with E-state index in [-0.39, 0.29) is 36.2 Å². The van der Waals surface area contributed by atoms with Crippen LogP contribution in [0, 0.1) is 0 Å². The summed E-state index contributed by atoms with van der Waals surface area (Å²) in [4.78, 5) is 6.77. The summed E-state index contributed by atoms with van der Waals surface area (Å²) in [5, 5.41) is 3.50. The summed E-state index contributed by atoms with van der Waals surface area (Å²) in [5.41, 5.74) is 1.30. The largest absolute Gasteiger partial charge is 0.494 e. The van der Waals surface area contributed by atoms with Crippen LogP contribution in [0.3, 0.4) is 0 Å². The van der Waals surface area contributed by atoms with E-state index in [1.165, 1.54) is 5.56 Å². The van der Waals surface area contributed by atoms with Crippen LogP contribution >= 0.6 is 24.0 Å². The number of hydrogen-bond donors (Lipinski definition) is 1. The topological polar surface area (TPSA) is 55.3 Å². The first-order valence-electron chi connectivity index (χ1n) is 10.7. The van der Waals surface area contributed by atoms with E-state index in [2.05, 4.69) is 46.4 Å². The van der Waals surface area contributed by atoms with Crippen LogP contribution in [0.25, 0.3) is 0 Å². The van der Waals surface area contributed by atoms with Gasteiger partial charge in [0.05, 0.1) is 19.3 Å². The smallest absolute Gasteiger partial charge is 0.193 e. The van der Waals surface area contributed by atoms with Gasteiger partial charge in [-0.15, -0.1) is 24.0 Å². The van der Waals surface area contributed by atoms with Gasteiger partial charge in [0.2, 0.25) is 0 Å². The number of unbranched alkanes of at least 4 members (excludes halogenated alkanes) is 1. The maximum Gasteiger partial charge on any atom is 0.193 e. The molecule has 0 radical (unpaired) electrons. The molecule has 164 valence electrons. The van der Waals surface area contributed by atoms with Gasteiger partial charge in [-0.1, -0.05) is 25.5 Å². The van der Waals surface area contributed by atoms with Crippen molar-refractivity contribution < 1.29 is 14.2 Å². The second-order valence-electron chi connectivity index (χ2n) is 7.48. The van der Waals surface area contributed by atoms with E-state index in [0.717, 1.165) is 83.3 Å². The first kappa shape index (κ1) is 24.2. The molecule has 2 saturated heterocycles. The van der Waals surface area contributed by atoms with Crippen molar-refractivity contribution in [2.24, 2.45) is 4.99 Å². The Balaban J connectivity index is 0.00000300. The Hall–Kier alpha value is -1.06. The summed E-state index contributed by atoms with van der Waals surface area (Å²) < 4.78 is 17.5. The normalized spacial score (nSPS) is 22.3. The molecule has 2 aliphatic rings. The lowest BCUT2D eigenvalue weighted by molar-refractivity contribution is -0.0816. The lowest BCUT2D eigenvalue weighted by atomic mass is 10.1. The van der Waals surface area contributed by atoms with Crippen LogP contribution in [0.4, 0.5) is 0 Å². The Bertz CT molecular complexity index is 606.